The molecule has 0 saturated heterocycles. The summed E-state index contributed by atoms with van der Waals surface area (Å²) in [7, 11) is 3.09. The Balaban J connectivity index is 2.44. The molecule has 4 nitrogen and oxygen atoms in total. The van der Waals surface area contributed by atoms with Crippen molar-refractivity contribution < 1.29 is 19.4 Å². The molecule has 2 aliphatic rings. The highest BCUT2D eigenvalue weighted by molar-refractivity contribution is 5.77. The monoisotopic (exact) mass is 200 g/mol. The van der Waals surface area contributed by atoms with E-state index in [1.165, 1.54) is 0 Å². The number of aliphatic carboxylic acids is 1. The van der Waals surface area contributed by atoms with Crippen molar-refractivity contribution in [3.05, 3.63) is 0 Å². The predicted octanol–water partition coefficient (Wildman–Crippen LogP) is 1.25. The largest absolute Gasteiger partial charge is 0.481 e. The SMILES string of the molecule is COC1(OC)C2CCC1(C(=O)O)CC2. The molecular formula is C10H16O4. The van der Waals surface area contributed by atoms with E-state index in [0.717, 1.165) is 12.8 Å². The number of carbonyl (C=O) groups is 1. The minimum atomic E-state index is -0.876. The van der Waals surface area contributed by atoms with Gasteiger partial charge >= 0.3 is 5.97 Å². The van der Waals surface area contributed by atoms with Crippen LogP contribution in [0.1, 0.15) is 25.7 Å². The molecule has 0 aromatic heterocycles. The molecule has 0 aromatic carbocycles. The van der Waals surface area contributed by atoms with Crippen molar-refractivity contribution in [1.29, 1.82) is 0 Å². The second-order valence-corrected chi connectivity index (χ2v) is 4.24. The van der Waals surface area contributed by atoms with Crippen molar-refractivity contribution in [3.63, 3.8) is 0 Å². The average molecular weight is 200 g/mol. The minimum absolute atomic E-state index is 0.244. The van der Waals surface area contributed by atoms with Crippen LogP contribution in [0.4, 0.5) is 0 Å². The summed E-state index contributed by atoms with van der Waals surface area (Å²) in [5, 5.41) is 9.33. The second kappa shape index (κ2) is 2.94. The quantitative estimate of drug-likeness (QED) is 0.696. The molecule has 2 fully saturated rings. The fourth-order valence-electron chi connectivity index (χ4n) is 3.40. The predicted molar refractivity (Wildman–Crippen MR) is 48.8 cm³/mol. The molecule has 80 valence electrons. The van der Waals surface area contributed by atoms with Gasteiger partial charge in [0.05, 0.1) is 0 Å². The summed E-state index contributed by atoms with van der Waals surface area (Å²) in [4.78, 5) is 11.4. The molecule has 0 spiro atoms. The van der Waals surface area contributed by atoms with E-state index in [4.69, 9.17) is 9.47 Å². The molecule has 0 aliphatic heterocycles. The maximum Gasteiger partial charge on any atom is 0.315 e. The van der Waals surface area contributed by atoms with Gasteiger partial charge in [-0.25, -0.2) is 0 Å². The van der Waals surface area contributed by atoms with Crippen molar-refractivity contribution in [2.45, 2.75) is 31.5 Å². The molecule has 2 rings (SSSR count). The summed E-state index contributed by atoms with van der Waals surface area (Å²) in [6.07, 6.45) is 3.14. The summed E-state index contributed by atoms with van der Waals surface area (Å²) in [6.45, 7) is 0. The first-order valence-corrected chi connectivity index (χ1v) is 4.96. The van der Waals surface area contributed by atoms with Crippen LogP contribution in [0.25, 0.3) is 0 Å². The third-order valence-corrected chi connectivity index (χ3v) is 4.06. The van der Waals surface area contributed by atoms with Crippen molar-refractivity contribution in [3.8, 4) is 0 Å². The molecule has 0 unspecified atom stereocenters. The fraction of sp³-hybridized carbons (Fsp3) is 0.900. The third-order valence-electron chi connectivity index (χ3n) is 4.06. The number of ether oxygens (including phenoxy) is 2. The zero-order chi connectivity index (χ0) is 10.4. The zero-order valence-corrected chi connectivity index (χ0v) is 8.58. The summed E-state index contributed by atoms with van der Waals surface area (Å²) in [5.41, 5.74) is -0.804. The Morgan fingerprint density at radius 1 is 1.29 bits per heavy atom. The van der Waals surface area contributed by atoms with Gasteiger partial charge < -0.3 is 14.6 Å². The first kappa shape index (κ1) is 9.93. The topological polar surface area (TPSA) is 55.8 Å². The molecule has 0 radical (unpaired) electrons. The lowest BCUT2D eigenvalue weighted by Crippen LogP contribution is -2.51. The van der Waals surface area contributed by atoms with Crippen LogP contribution in [0.2, 0.25) is 0 Å². The zero-order valence-electron chi connectivity index (χ0n) is 8.58. The van der Waals surface area contributed by atoms with Crippen LogP contribution in [-0.2, 0) is 14.3 Å². The number of carboxylic acid groups (broad SMARTS) is 1. The molecule has 0 heterocycles. The Morgan fingerprint density at radius 2 is 1.79 bits per heavy atom. The smallest absolute Gasteiger partial charge is 0.315 e. The summed E-state index contributed by atoms with van der Waals surface area (Å²) in [6, 6.07) is 0. The van der Waals surface area contributed by atoms with E-state index in [2.05, 4.69) is 0 Å². The van der Waals surface area contributed by atoms with Gasteiger partial charge in [-0.05, 0) is 25.7 Å². The van der Waals surface area contributed by atoms with Crippen LogP contribution in [-0.4, -0.2) is 31.1 Å². The van der Waals surface area contributed by atoms with Gasteiger partial charge in [-0.15, -0.1) is 0 Å². The number of carboxylic acids is 1. The lowest BCUT2D eigenvalue weighted by Gasteiger charge is -2.37. The number of fused-ring (bicyclic) bond motifs is 2. The Kier molecular flexibility index (Phi) is 2.08. The van der Waals surface area contributed by atoms with Crippen molar-refractivity contribution >= 4 is 5.97 Å². The highest BCUT2D eigenvalue weighted by atomic mass is 16.7. The standard InChI is InChI=1S/C10H16O4/c1-13-10(14-2)7-3-5-9(10,6-4-7)8(11)12/h7H,3-6H2,1-2H3,(H,11,12). The average Bonchev–Trinajstić information content (AvgIpc) is 2.69. The van der Waals surface area contributed by atoms with Gasteiger partial charge in [-0.2, -0.15) is 0 Å². The third kappa shape index (κ3) is 0.834. The molecule has 0 atom stereocenters. The van der Waals surface area contributed by atoms with Gasteiger partial charge in [0, 0.05) is 20.1 Å². The second-order valence-electron chi connectivity index (χ2n) is 4.24. The molecule has 1 N–H and O–H groups in total. The van der Waals surface area contributed by atoms with Crippen molar-refractivity contribution in [1.82, 2.24) is 0 Å². The first-order valence-electron chi connectivity index (χ1n) is 4.96. The van der Waals surface area contributed by atoms with E-state index in [0.29, 0.717) is 12.8 Å². The highest BCUT2D eigenvalue weighted by Crippen LogP contribution is 2.62. The van der Waals surface area contributed by atoms with Crippen LogP contribution in [0.3, 0.4) is 0 Å². The van der Waals surface area contributed by atoms with Crippen LogP contribution >= 0.6 is 0 Å². The van der Waals surface area contributed by atoms with Gasteiger partial charge in [0.25, 0.3) is 0 Å². The van der Waals surface area contributed by atoms with Gasteiger partial charge in [0.2, 0.25) is 0 Å². The van der Waals surface area contributed by atoms with E-state index in [1.54, 1.807) is 14.2 Å². The normalized spacial score (nSPS) is 38.9. The lowest BCUT2D eigenvalue weighted by molar-refractivity contribution is -0.264. The lowest BCUT2D eigenvalue weighted by atomic mass is 9.81. The van der Waals surface area contributed by atoms with Gasteiger partial charge in [-0.3, -0.25) is 4.79 Å². The Labute approximate surface area is 83.2 Å². The van der Waals surface area contributed by atoms with Crippen LogP contribution in [0.15, 0.2) is 0 Å². The number of methoxy groups -OCH3 is 2. The number of hydrogen-bond donors (Lipinski definition) is 1. The van der Waals surface area contributed by atoms with Crippen LogP contribution in [0, 0.1) is 11.3 Å². The van der Waals surface area contributed by atoms with E-state index in [9.17, 15) is 9.90 Å². The molecule has 14 heavy (non-hydrogen) atoms. The van der Waals surface area contributed by atoms with Gasteiger partial charge in [-0.1, -0.05) is 0 Å². The highest BCUT2D eigenvalue weighted by Gasteiger charge is 2.70. The molecule has 0 aromatic rings. The molecular weight excluding hydrogens is 184 g/mol. The first-order chi connectivity index (χ1) is 6.63. The van der Waals surface area contributed by atoms with Gasteiger partial charge in [0.1, 0.15) is 5.41 Å². The Hall–Kier alpha value is -0.610. The molecule has 0 amide bonds. The number of hydrogen-bond acceptors (Lipinski definition) is 3. The minimum Gasteiger partial charge on any atom is -0.481 e. The number of rotatable bonds is 3. The molecule has 2 bridgehead atoms. The van der Waals surface area contributed by atoms with E-state index < -0.39 is 17.2 Å². The summed E-state index contributed by atoms with van der Waals surface area (Å²) < 4.78 is 10.8. The maximum atomic E-state index is 11.4. The summed E-state index contributed by atoms with van der Waals surface area (Å²) >= 11 is 0. The van der Waals surface area contributed by atoms with Crippen LogP contribution in [0.5, 0.6) is 0 Å². The van der Waals surface area contributed by atoms with Crippen molar-refractivity contribution in [2.75, 3.05) is 14.2 Å². The van der Waals surface area contributed by atoms with E-state index in [1.807, 2.05) is 0 Å². The Morgan fingerprint density at radius 3 is 2.07 bits per heavy atom. The van der Waals surface area contributed by atoms with Gasteiger partial charge in [0.15, 0.2) is 5.79 Å². The van der Waals surface area contributed by atoms with E-state index in [-0.39, 0.29) is 5.92 Å². The van der Waals surface area contributed by atoms with Crippen molar-refractivity contribution in [2.24, 2.45) is 11.3 Å². The molecule has 2 aliphatic carbocycles. The van der Waals surface area contributed by atoms with E-state index >= 15 is 0 Å². The molecule has 4 heteroatoms. The van der Waals surface area contributed by atoms with Crippen LogP contribution < -0.4 is 0 Å². The summed E-state index contributed by atoms with van der Waals surface area (Å²) in [5.74, 6) is -1.41. The molecule has 2 saturated carbocycles. The fourth-order valence-corrected chi connectivity index (χ4v) is 3.40. The maximum absolute atomic E-state index is 11.4. The Bertz CT molecular complexity index is 249.